The van der Waals surface area contributed by atoms with E-state index >= 15 is 0 Å². The molecule has 0 spiro atoms. The fourth-order valence-electron chi connectivity index (χ4n) is 3.13. The van der Waals surface area contributed by atoms with Crippen LogP contribution in [0.3, 0.4) is 0 Å². The van der Waals surface area contributed by atoms with Crippen molar-refractivity contribution in [1.82, 2.24) is 10.2 Å². The molecule has 7 nitrogen and oxygen atoms in total. The van der Waals surface area contributed by atoms with Gasteiger partial charge >= 0.3 is 182 Å². The van der Waals surface area contributed by atoms with Crippen LogP contribution in [0.15, 0.2) is 77.7 Å². The predicted octanol–water partition coefficient (Wildman–Crippen LogP) is 2.73. The van der Waals surface area contributed by atoms with Gasteiger partial charge in [0.15, 0.2) is 0 Å². The van der Waals surface area contributed by atoms with Gasteiger partial charge in [-0.25, -0.2) is 0 Å². The van der Waals surface area contributed by atoms with Gasteiger partial charge in [0.05, 0.1) is 0 Å². The van der Waals surface area contributed by atoms with E-state index in [1.807, 2.05) is 36.4 Å². The summed E-state index contributed by atoms with van der Waals surface area (Å²) in [6.07, 6.45) is 0. The molecule has 0 saturated heterocycles. The number of aromatic nitrogens is 2. The molecule has 0 aliphatic carbocycles. The van der Waals surface area contributed by atoms with Gasteiger partial charge in [-0.05, 0) is 0 Å². The van der Waals surface area contributed by atoms with Crippen molar-refractivity contribution in [3.8, 4) is 11.3 Å². The molecule has 0 saturated carbocycles. The van der Waals surface area contributed by atoms with Crippen molar-refractivity contribution in [2.75, 3.05) is 5.32 Å². The number of fused-ring (bicyclic) bond motifs is 1. The molecule has 4 N–H and O–H groups in total. The summed E-state index contributed by atoms with van der Waals surface area (Å²) < 4.78 is 23.0. The van der Waals surface area contributed by atoms with Crippen molar-refractivity contribution in [1.29, 1.82) is 0 Å². The van der Waals surface area contributed by atoms with Crippen molar-refractivity contribution in [3.63, 3.8) is 0 Å². The number of carbonyl (C=O) groups is 1. The molecule has 4 rings (SSSR count). The number of primary sulfonamides is 1. The average molecular weight is 480 g/mol. The summed E-state index contributed by atoms with van der Waals surface area (Å²) in [6.45, 7) is 0. The van der Waals surface area contributed by atoms with Crippen LogP contribution in [0.1, 0.15) is 10.3 Å². The number of sulfonamides is 1. The number of nitrogens with zero attached hydrogens (tertiary/aromatic N) is 1. The summed E-state index contributed by atoms with van der Waals surface area (Å²) in [5.74, 6) is -0.151. The van der Waals surface area contributed by atoms with Gasteiger partial charge < -0.3 is 0 Å². The standard InChI is InChI=1S/C21H17AsN4O3S/c22-19(13-5-2-1-3-6-13)21(27)24-15-9-10-18-17(12-15)20(26-25-18)14-7-4-8-16(11-14)30(23,28)29/h1-12,19H,(H,24,27)(H,25,26)(H2,23,28,29)/t19-/m1/s1. The van der Waals surface area contributed by atoms with Crippen LogP contribution in [0.25, 0.3) is 22.2 Å². The summed E-state index contributed by atoms with van der Waals surface area (Å²) in [6, 6.07) is 21.2. The topological polar surface area (TPSA) is 118 Å². The van der Waals surface area contributed by atoms with Gasteiger partial charge in [-0.1, -0.05) is 0 Å². The van der Waals surface area contributed by atoms with Crippen LogP contribution in [0.2, 0.25) is 0 Å². The summed E-state index contributed by atoms with van der Waals surface area (Å²) in [7, 11) is -3.83. The number of rotatable bonds is 5. The number of H-pyrrole nitrogens is 1. The van der Waals surface area contributed by atoms with Crippen LogP contribution in [0.5, 0.6) is 0 Å². The number of carbonyl (C=O) groups excluding carboxylic acids is 1. The number of nitrogens with one attached hydrogen (secondary N) is 2. The molecule has 1 heterocycles. The Balaban J connectivity index is 1.66. The van der Waals surface area contributed by atoms with E-state index in [2.05, 4.69) is 32.4 Å². The molecule has 1 amide bonds. The van der Waals surface area contributed by atoms with Crippen LogP contribution in [0.4, 0.5) is 5.69 Å². The normalized spacial score (nSPS) is 12.6. The van der Waals surface area contributed by atoms with E-state index in [9.17, 15) is 13.2 Å². The Morgan fingerprint density at radius 2 is 1.80 bits per heavy atom. The molecule has 1 atom stereocenters. The van der Waals surface area contributed by atoms with E-state index in [-0.39, 0.29) is 15.5 Å². The molecule has 0 unspecified atom stereocenters. The van der Waals surface area contributed by atoms with Crippen molar-refractivity contribution in [2.24, 2.45) is 5.14 Å². The fourth-order valence-corrected chi connectivity index (χ4v) is 4.19. The Morgan fingerprint density at radius 1 is 1.03 bits per heavy atom. The summed E-state index contributed by atoms with van der Waals surface area (Å²) in [4.78, 5) is 12.7. The maximum absolute atomic E-state index is 12.7. The Labute approximate surface area is 182 Å². The first-order chi connectivity index (χ1) is 14.3. The molecule has 0 aliphatic heterocycles. The number of aromatic amines is 1. The van der Waals surface area contributed by atoms with Crippen molar-refractivity contribution < 1.29 is 13.2 Å². The second kappa shape index (κ2) is 8.07. The molecule has 30 heavy (non-hydrogen) atoms. The minimum absolute atomic E-state index is 0.00932. The first-order valence-electron chi connectivity index (χ1n) is 8.98. The zero-order valence-electron chi connectivity index (χ0n) is 15.6. The molecule has 0 bridgehead atoms. The molecule has 1 aromatic heterocycles. The molecular weight excluding hydrogens is 463 g/mol. The molecule has 9 heteroatoms. The monoisotopic (exact) mass is 480 g/mol. The van der Waals surface area contributed by atoms with E-state index in [0.29, 0.717) is 16.9 Å². The van der Waals surface area contributed by atoms with Gasteiger partial charge in [-0.15, -0.1) is 0 Å². The third kappa shape index (κ3) is 4.16. The van der Waals surface area contributed by atoms with E-state index in [0.717, 1.165) is 16.5 Å². The molecule has 0 fully saturated rings. The van der Waals surface area contributed by atoms with E-state index in [1.165, 1.54) is 12.1 Å². The predicted molar refractivity (Wildman–Crippen MR) is 116 cm³/mol. The van der Waals surface area contributed by atoms with Gasteiger partial charge in [0, 0.05) is 0 Å². The van der Waals surface area contributed by atoms with Gasteiger partial charge in [0.2, 0.25) is 0 Å². The Morgan fingerprint density at radius 3 is 2.53 bits per heavy atom. The second-order valence-corrected chi connectivity index (χ2v) is 9.35. The average Bonchev–Trinajstić information content (AvgIpc) is 3.16. The summed E-state index contributed by atoms with van der Waals surface area (Å²) in [5, 5.41) is 16.2. The van der Waals surface area contributed by atoms with E-state index in [1.54, 1.807) is 24.3 Å². The zero-order chi connectivity index (χ0) is 21.3. The first kappa shape index (κ1) is 20.3. The SMILES string of the molecule is NS(=O)(=O)c1cccc(-c2n[nH]c3ccc(NC(=O)[C@H]([As])c4ccccc4)cc23)c1. The number of hydrogen-bond acceptors (Lipinski definition) is 4. The third-order valence-electron chi connectivity index (χ3n) is 4.63. The second-order valence-electron chi connectivity index (χ2n) is 6.71. The van der Waals surface area contributed by atoms with Crippen LogP contribution in [-0.2, 0) is 14.8 Å². The third-order valence-corrected chi connectivity index (χ3v) is 6.66. The van der Waals surface area contributed by atoms with Crippen LogP contribution in [-0.4, -0.2) is 41.4 Å². The van der Waals surface area contributed by atoms with Crippen LogP contribution < -0.4 is 10.5 Å². The summed E-state index contributed by atoms with van der Waals surface area (Å²) in [5.41, 5.74) is 3.45. The zero-order valence-corrected chi connectivity index (χ0v) is 18.3. The molecule has 3 aromatic carbocycles. The summed E-state index contributed by atoms with van der Waals surface area (Å²) >= 11 is 2.38. The molecule has 150 valence electrons. The molecule has 2 radical (unpaired) electrons. The maximum atomic E-state index is 12.7. The minimum atomic E-state index is -3.83. The number of nitrogens with two attached hydrogens (primary N) is 1. The van der Waals surface area contributed by atoms with Gasteiger partial charge in [-0.3, -0.25) is 0 Å². The molecule has 0 aliphatic rings. The van der Waals surface area contributed by atoms with Crippen molar-refractivity contribution in [2.45, 2.75) is 9.60 Å². The quantitative estimate of drug-likeness (QED) is 0.381. The Hall–Kier alpha value is -2.93. The van der Waals surface area contributed by atoms with Gasteiger partial charge in [0.1, 0.15) is 0 Å². The van der Waals surface area contributed by atoms with E-state index < -0.39 is 10.0 Å². The number of benzene rings is 3. The molecule has 4 aromatic rings. The van der Waals surface area contributed by atoms with E-state index in [4.69, 9.17) is 5.14 Å². The Bertz CT molecular complexity index is 1340. The van der Waals surface area contributed by atoms with Crippen molar-refractivity contribution in [3.05, 3.63) is 78.4 Å². The number of anilines is 1. The van der Waals surface area contributed by atoms with Gasteiger partial charge in [0.25, 0.3) is 0 Å². The van der Waals surface area contributed by atoms with Gasteiger partial charge in [-0.2, -0.15) is 0 Å². The molecular formula is C21H17AsN4O3S. The Kier molecular flexibility index (Phi) is 5.47. The first-order valence-corrected chi connectivity index (χ1v) is 11.6. The number of hydrogen-bond donors (Lipinski definition) is 3. The van der Waals surface area contributed by atoms with Crippen LogP contribution in [0, 0.1) is 0 Å². The van der Waals surface area contributed by atoms with Crippen molar-refractivity contribution >= 4 is 49.4 Å². The van der Waals surface area contributed by atoms with Crippen LogP contribution >= 0.6 is 0 Å². The fraction of sp³-hybridized carbons (Fsp3) is 0.0476. The number of amides is 1.